The number of hydrogen-bond acceptors (Lipinski definition) is 15. The maximum Gasteiger partial charge on any atom is 0.397 e. The van der Waals surface area contributed by atoms with Gasteiger partial charge in [0.15, 0.2) is 12.6 Å². The molecule has 0 saturated carbocycles. The maximum absolute atomic E-state index is 11.4. The molecule has 8 N–H and O–H groups in total. The van der Waals surface area contributed by atoms with E-state index in [4.69, 9.17) is 23.3 Å². The van der Waals surface area contributed by atoms with Gasteiger partial charge >= 0.3 is 20.8 Å². The predicted molar refractivity (Wildman–Crippen MR) is 101 cm³/mol. The average Bonchev–Trinajstić information content (AvgIpc) is 2.69. The van der Waals surface area contributed by atoms with Crippen molar-refractivity contribution in [1.29, 1.82) is 0 Å². The SMILES string of the molecule is CC(=O)N[C@@H]1[C@H](O)[C@H](O[C@@H]2O[C@H](COS(=O)(=O)O)[C@H](O)[C@H](O)[C@@H]2O)[C@H](COS(=O)(=O)O)O[C@H]1O. The summed E-state index contributed by atoms with van der Waals surface area (Å²) in [5, 5.41) is 53.1. The smallest absolute Gasteiger partial charge is 0.388 e. The average molecular weight is 543 g/mol. The van der Waals surface area contributed by atoms with E-state index in [0.29, 0.717) is 0 Å². The van der Waals surface area contributed by atoms with E-state index in [2.05, 4.69) is 13.7 Å². The molecule has 200 valence electrons. The molecule has 1 amide bonds. The quantitative estimate of drug-likeness (QED) is 0.126. The molecule has 2 heterocycles. The molecule has 18 nitrogen and oxygen atoms in total. The summed E-state index contributed by atoms with van der Waals surface area (Å²) in [7, 11) is -10.0. The lowest BCUT2D eigenvalue weighted by Gasteiger charge is -2.46. The second-order valence-electron chi connectivity index (χ2n) is 7.32. The van der Waals surface area contributed by atoms with Crippen molar-refractivity contribution in [1.82, 2.24) is 5.32 Å². The molecule has 34 heavy (non-hydrogen) atoms. The van der Waals surface area contributed by atoms with Crippen LogP contribution in [0.5, 0.6) is 0 Å². The Labute approximate surface area is 192 Å². The first kappa shape index (κ1) is 29.1. The zero-order chi connectivity index (χ0) is 26.0. The minimum atomic E-state index is -5.02. The number of rotatable bonds is 9. The molecule has 0 aromatic rings. The lowest BCUT2D eigenvalue weighted by Crippen LogP contribution is -2.67. The summed E-state index contributed by atoms with van der Waals surface area (Å²) in [4.78, 5) is 11.4. The molecule has 20 heteroatoms. The summed E-state index contributed by atoms with van der Waals surface area (Å²) in [6, 6.07) is -1.56. The topological polar surface area (TPSA) is 285 Å². The third-order valence-electron chi connectivity index (χ3n) is 4.78. The molecule has 0 radical (unpaired) electrons. The minimum Gasteiger partial charge on any atom is -0.388 e. The second-order valence-corrected chi connectivity index (χ2v) is 9.50. The van der Waals surface area contributed by atoms with E-state index < -0.39 is 101 Å². The van der Waals surface area contributed by atoms with E-state index in [-0.39, 0.29) is 0 Å². The molecule has 10 atom stereocenters. The fourth-order valence-corrected chi connectivity index (χ4v) is 3.87. The Balaban J connectivity index is 2.27. The van der Waals surface area contributed by atoms with Crippen molar-refractivity contribution in [2.75, 3.05) is 13.2 Å². The highest BCUT2D eigenvalue weighted by atomic mass is 32.3. The molecule has 2 saturated heterocycles. The van der Waals surface area contributed by atoms with Gasteiger partial charge in [0.25, 0.3) is 0 Å². The van der Waals surface area contributed by atoms with Crippen molar-refractivity contribution < 1.29 is 78.8 Å². The standard InChI is InChI=1S/C14H25NO17S2/c1-4(16)15-7-9(18)12(6(30-13(7)21)3-29-34(25,26)27)32-14-11(20)10(19)8(17)5(31-14)2-28-33(22,23)24/h5-14,17-21H,2-3H2,1H3,(H,15,16)(H,22,23,24)(H,25,26,27)/t5-,6+,7-,8+,9+,10+,11+,12-,13-,14+/m1/s1. The van der Waals surface area contributed by atoms with Gasteiger partial charge in [0.05, 0.1) is 13.2 Å². The van der Waals surface area contributed by atoms with Crippen LogP contribution in [0.1, 0.15) is 6.92 Å². The number of aliphatic hydroxyl groups is 5. The number of carbonyl (C=O) groups is 1. The summed E-state index contributed by atoms with van der Waals surface area (Å²) < 4.78 is 84.7. The van der Waals surface area contributed by atoms with Crippen molar-refractivity contribution in [2.24, 2.45) is 0 Å². The summed E-state index contributed by atoms with van der Waals surface area (Å²) in [6.07, 6.45) is -17.0. The van der Waals surface area contributed by atoms with Gasteiger partial charge in [-0.05, 0) is 0 Å². The van der Waals surface area contributed by atoms with E-state index in [1.165, 1.54) is 0 Å². The van der Waals surface area contributed by atoms with Gasteiger partial charge in [-0.25, -0.2) is 8.37 Å². The second kappa shape index (κ2) is 11.3. The highest BCUT2D eigenvalue weighted by Crippen LogP contribution is 2.29. The van der Waals surface area contributed by atoms with Crippen LogP contribution in [-0.2, 0) is 48.2 Å². The Kier molecular flexibility index (Phi) is 9.68. The Morgan fingerprint density at radius 1 is 0.824 bits per heavy atom. The number of aliphatic hydroxyl groups excluding tert-OH is 5. The number of ether oxygens (including phenoxy) is 3. The predicted octanol–water partition coefficient (Wildman–Crippen LogP) is -5.60. The Bertz CT molecular complexity index is 911. The molecular weight excluding hydrogens is 518 g/mol. The van der Waals surface area contributed by atoms with Crippen molar-refractivity contribution in [3.05, 3.63) is 0 Å². The van der Waals surface area contributed by atoms with Crippen LogP contribution in [0, 0.1) is 0 Å². The summed E-state index contributed by atoms with van der Waals surface area (Å²) in [5.74, 6) is -0.729. The highest BCUT2D eigenvalue weighted by molar-refractivity contribution is 7.81. The monoisotopic (exact) mass is 543 g/mol. The van der Waals surface area contributed by atoms with Gasteiger partial charge in [0.2, 0.25) is 5.91 Å². The van der Waals surface area contributed by atoms with Crippen LogP contribution < -0.4 is 5.32 Å². The van der Waals surface area contributed by atoms with Gasteiger partial charge < -0.3 is 45.1 Å². The van der Waals surface area contributed by atoms with Gasteiger partial charge in [-0.2, -0.15) is 16.8 Å². The number of nitrogens with one attached hydrogen (secondary N) is 1. The van der Waals surface area contributed by atoms with Gasteiger partial charge in [0.1, 0.15) is 48.8 Å². The minimum absolute atomic E-state index is 0.729. The third kappa shape index (κ3) is 7.96. The van der Waals surface area contributed by atoms with Crippen molar-refractivity contribution in [2.45, 2.75) is 68.3 Å². The van der Waals surface area contributed by atoms with Crippen molar-refractivity contribution in [3.63, 3.8) is 0 Å². The Morgan fingerprint density at radius 2 is 1.35 bits per heavy atom. The Morgan fingerprint density at radius 3 is 1.85 bits per heavy atom. The highest BCUT2D eigenvalue weighted by Gasteiger charge is 2.51. The van der Waals surface area contributed by atoms with E-state index in [1.807, 2.05) is 0 Å². The lowest BCUT2D eigenvalue weighted by atomic mass is 9.95. The summed E-state index contributed by atoms with van der Waals surface area (Å²) in [5.41, 5.74) is 0. The van der Waals surface area contributed by atoms with Gasteiger partial charge in [-0.1, -0.05) is 0 Å². The van der Waals surface area contributed by atoms with Crippen LogP contribution in [0.15, 0.2) is 0 Å². The fourth-order valence-electron chi connectivity index (χ4n) is 3.26. The summed E-state index contributed by atoms with van der Waals surface area (Å²) in [6.45, 7) is -1.06. The zero-order valence-corrected chi connectivity index (χ0v) is 18.9. The maximum atomic E-state index is 11.4. The van der Waals surface area contributed by atoms with Crippen molar-refractivity contribution in [3.8, 4) is 0 Å². The number of hydrogen-bond donors (Lipinski definition) is 8. The molecule has 2 fully saturated rings. The molecule has 2 rings (SSSR count). The van der Waals surface area contributed by atoms with Crippen LogP contribution >= 0.6 is 0 Å². The van der Waals surface area contributed by atoms with Crippen LogP contribution in [-0.4, -0.2) is 132 Å². The largest absolute Gasteiger partial charge is 0.397 e. The molecule has 0 aliphatic carbocycles. The lowest BCUT2D eigenvalue weighted by molar-refractivity contribution is -0.344. The van der Waals surface area contributed by atoms with E-state index in [0.717, 1.165) is 6.92 Å². The summed E-state index contributed by atoms with van der Waals surface area (Å²) >= 11 is 0. The normalized spacial score (nSPS) is 39.5. The van der Waals surface area contributed by atoms with E-state index >= 15 is 0 Å². The molecule has 0 spiro atoms. The third-order valence-corrected chi connectivity index (χ3v) is 5.65. The first-order valence-electron chi connectivity index (χ1n) is 9.37. The number of carbonyl (C=O) groups excluding carboxylic acids is 1. The molecule has 0 aromatic carbocycles. The zero-order valence-electron chi connectivity index (χ0n) is 17.2. The molecule has 0 unspecified atom stereocenters. The molecule has 2 aliphatic heterocycles. The number of amides is 1. The van der Waals surface area contributed by atoms with E-state index in [9.17, 15) is 47.2 Å². The Hall–Kier alpha value is -1.11. The van der Waals surface area contributed by atoms with Gasteiger partial charge in [-0.15, -0.1) is 0 Å². The molecule has 0 aromatic heterocycles. The first-order valence-corrected chi connectivity index (χ1v) is 12.1. The van der Waals surface area contributed by atoms with Crippen LogP contribution in [0.25, 0.3) is 0 Å². The fraction of sp³-hybridized carbons (Fsp3) is 0.929. The molecule has 0 bridgehead atoms. The van der Waals surface area contributed by atoms with Crippen LogP contribution in [0.2, 0.25) is 0 Å². The van der Waals surface area contributed by atoms with E-state index in [1.54, 1.807) is 0 Å². The molecule has 2 aliphatic rings. The van der Waals surface area contributed by atoms with Crippen molar-refractivity contribution >= 4 is 26.7 Å². The van der Waals surface area contributed by atoms with Gasteiger partial charge in [0, 0.05) is 6.92 Å². The van der Waals surface area contributed by atoms with Crippen LogP contribution in [0.4, 0.5) is 0 Å². The molecular formula is C14H25NO17S2. The first-order chi connectivity index (χ1) is 15.5. The van der Waals surface area contributed by atoms with Crippen LogP contribution in [0.3, 0.4) is 0 Å². The van der Waals surface area contributed by atoms with Gasteiger partial charge in [-0.3, -0.25) is 13.9 Å².